The molecule has 1 amide bonds. The molecule has 116 valence electrons. The van der Waals surface area contributed by atoms with Crippen molar-refractivity contribution >= 4 is 5.91 Å². The zero-order valence-electron chi connectivity index (χ0n) is 12.5. The van der Waals surface area contributed by atoms with Crippen molar-refractivity contribution in [1.29, 1.82) is 0 Å². The Bertz CT molecular complexity index is 432. The smallest absolute Gasteiger partial charge is 0.234 e. The Morgan fingerprint density at radius 2 is 2.00 bits per heavy atom. The van der Waals surface area contributed by atoms with Crippen molar-refractivity contribution in [1.82, 2.24) is 10.2 Å². The predicted molar refractivity (Wildman–Crippen MR) is 80.9 cm³/mol. The number of rotatable bonds is 6. The van der Waals surface area contributed by atoms with E-state index in [9.17, 15) is 9.90 Å². The van der Waals surface area contributed by atoms with Gasteiger partial charge < -0.3 is 15.2 Å². The summed E-state index contributed by atoms with van der Waals surface area (Å²) in [6.07, 6.45) is -0.0383. The summed E-state index contributed by atoms with van der Waals surface area (Å²) in [6, 6.07) is 9.46. The summed E-state index contributed by atoms with van der Waals surface area (Å²) >= 11 is 0. The van der Waals surface area contributed by atoms with Gasteiger partial charge in [-0.1, -0.05) is 30.3 Å². The quantitative estimate of drug-likeness (QED) is 0.819. The van der Waals surface area contributed by atoms with E-state index >= 15 is 0 Å². The molecule has 0 aromatic heterocycles. The molecular weight excluding hydrogens is 268 g/mol. The monoisotopic (exact) mass is 292 g/mol. The molecule has 1 fully saturated rings. The summed E-state index contributed by atoms with van der Waals surface area (Å²) in [5.41, 5.74) is 0.881. The van der Waals surface area contributed by atoms with Crippen LogP contribution in [0.1, 0.15) is 25.0 Å². The van der Waals surface area contributed by atoms with E-state index in [1.807, 2.05) is 37.3 Å². The first-order chi connectivity index (χ1) is 10.1. The standard InChI is InChI=1S/C16H24N2O3/c1-13(11-15(19)14-5-3-2-4-6-14)17-16(20)12-18-7-9-21-10-8-18/h2-6,13,15,19H,7-12H2,1H3,(H,17,20). The van der Waals surface area contributed by atoms with E-state index in [-0.39, 0.29) is 11.9 Å². The number of carbonyl (C=O) groups is 1. The van der Waals surface area contributed by atoms with Crippen molar-refractivity contribution in [2.45, 2.75) is 25.5 Å². The molecule has 2 unspecified atom stereocenters. The maximum Gasteiger partial charge on any atom is 0.234 e. The van der Waals surface area contributed by atoms with E-state index in [4.69, 9.17) is 4.74 Å². The van der Waals surface area contributed by atoms with Gasteiger partial charge in [-0.15, -0.1) is 0 Å². The number of ether oxygens (including phenoxy) is 1. The van der Waals surface area contributed by atoms with Crippen molar-refractivity contribution in [3.63, 3.8) is 0 Å². The van der Waals surface area contributed by atoms with Gasteiger partial charge in [0, 0.05) is 19.1 Å². The van der Waals surface area contributed by atoms with Crippen LogP contribution in [0.2, 0.25) is 0 Å². The molecule has 1 heterocycles. The van der Waals surface area contributed by atoms with Gasteiger partial charge in [-0.2, -0.15) is 0 Å². The molecule has 2 N–H and O–H groups in total. The molecule has 5 nitrogen and oxygen atoms in total. The molecule has 0 aliphatic carbocycles. The van der Waals surface area contributed by atoms with Crippen LogP contribution in [0.5, 0.6) is 0 Å². The van der Waals surface area contributed by atoms with Gasteiger partial charge in [-0.05, 0) is 18.9 Å². The number of carbonyl (C=O) groups excluding carboxylic acids is 1. The van der Waals surface area contributed by atoms with Gasteiger partial charge in [0.1, 0.15) is 0 Å². The van der Waals surface area contributed by atoms with Crippen LogP contribution in [0.25, 0.3) is 0 Å². The third-order valence-electron chi connectivity index (χ3n) is 3.64. The highest BCUT2D eigenvalue weighted by atomic mass is 16.5. The Labute approximate surface area is 125 Å². The summed E-state index contributed by atoms with van der Waals surface area (Å²) in [6.45, 7) is 5.30. The second kappa shape index (κ2) is 8.12. The van der Waals surface area contributed by atoms with Crippen LogP contribution in [-0.2, 0) is 9.53 Å². The second-order valence-electron chi connectivity index (χ2n) is 5.52. The average Bonchev–Trinajstić information content (AvgIpc) is 2.48. The molecule has 0 saturated carbocycles. The summed E-state index contributed by atoms with van der Waals surface area (Å²) < 4.78 is 5.26. The minimum atomic E-state index is -0.551. The Kier molecular flexibility index (Phi) is 6.17. The van der Waals surface area contributed by atoms with E-state index in [0.717, 1.165) is 18.7 Å². The minimum Gasteiger partial charge on any atom is -0.388 e. The van der Waals surface area contributed by atoms with E-state index in [2.05, 4.69) is 10.2 Å². The van der Waals surface area contributed by atoms with E-state index in [1.165, 1.54) is 0 Å². The average molecular weight is 292 g/mol. The zero-order chi connectivity index (χ0) is 15.1. The molecule has 1 aromatic carbocycles. The number of benzene rings is 1. The van der Waals surface area contributed by atoms with Gasteiger partial charge in [0.2, 0.25) is 5.91 Å². The van der Waals surface area contributed by atoms with Crippen LogP contribution >= 0.6 is 0 Å². The van der Waals surface area contributed by atoms with Crippen LogP contribution < -0.4 is 5.32 Å². The van der Waals surface area contributed by atoms with Crippen molar-refractivity contribution in [2.24, 2.45) is 0 Å². The van der Waals surface area contributed by atoms with Gasteiger partial charge in [0.25, 0.3) is 0 Å². The van der Waals surface area contributed by atoms with Crippen molar-refractivity contribution in [2.75, 3.05) is 32.8 Å². The number of hydrogen-bond donors (Lipinski definition) is 2. The fourth-order valence-electron chi connectivity index (χ4n) is 2.49. The molecule has 0 bridgehead atoms. The Morgan fingerprint density at radius 3 is 2.67 bits per heavy atom. The number of morpholine rings is 1. The summed E-state index contributed by atoms with van der Waals surface area (Å²) in [4.78, 5) is 14.0. The van der Waals surface area contributed by atoms with Crippen molar-refractivity contribution in [3.05, 3.63) is 35.9 Å². The lowest BCUT2D eigenvalue weighted by Gasteiger charge is -2.26. The molecule has 0 radical (unpaired) electrons. The van der Waals surface area contributed by atoms with E-state index in [1.54, 1.807) is 0 Å². The highest BCUT2D eigenvalue weighted by Crippen LogP contribution is 2.17. The number of aliphatic hydroxyl groups excluding tert-OH is 1. The Hall–Kier alpha value is -1.43. The molecular formula is C16H24N2O3. The molecule has 21 heavy (non-hydrogen) atoms. The van der Waals surface area contributed by atoms with Crippen LogP contribution in [-0.4, -0.2) is 54.8 Å². The van der Waals surface area contributed by atoms with Gasteiger partial charge in [0.05, 0.1) is 25.9 Å². The lowest BCUT2D eigenvalue weighted by atomic mass is 10.0. The molecule has 1 saturated heterocycles. The Morgan fingerprint density at radius 1 is 1.33 bits per heavy atom. The predicted octanol–water partition coefficient (Wildman–Crippen LogP) is 0.947. The molecule has 2 atom stereocenters. The highest BCUT2D eigenvalue weighted by Gasteiger charge is 2.17. The van der Waals surface area contributed by atoms with Gasteiger partial charge >= 0.3 is 0 Å². The lowest BCUT2D eigenvalue weighted by molar-refractivity contribution is -0.124. The first-order valence-corrected chi connectivity index (χ1v) is 7.47. The summed E-state index contributed by atoms with van der Waals surface area (Å²) in [5.74, 6) is 0.00432. The third kappa shape index (κ3) is 5.46. The van der Waals surface area contributed by atoms with Crippen LogP contribution in [0.4, 0.5) is 0 Å². The number of amides is 1. The first kappa shape index (κ1) is 15.9. The topological polar surface area (TPSA) is 61.8 Å². The maximum absolute atomic E-state index is 12.0. The lowest BCUT2D eigenvalue weighted by Crippen LogP contribution is -2.45. The fraction of sp³-hybridized carbons (Fsp3) is 0.562. The van der Waals surface area contributed by atoms with E-state index < -0.39 is 6.10 Å². The third-order valence-corrected chi connectivity index (χ3v) is 3.64. The Balaban J connectivity index is 1.73. The maximum atomic E-state index is 12.0. The highest BCUT2D eigenvalue weighted by molar-refractivity contribution is 5.78. The molecule has 0 spiro atoms. The molecule has 5 heteroatoms. The van der Waals surface area contributed by atoms with E-state index in [0.29, 0.717) is 26.2 Å². The van der Waals surface area contributed by atoms with Gasteiger partial charge in [0.15, 0.2) is 0 Å². The number of nitrogens with zero attached hydrogens (tertiary/aromatic N) is 1. The zero-order valence-corrected chi connectivity index (χ0v) is 12.5. The van der Waals surface area contributed by atoms with Crippen molar-refractivity contribution in [3.8, 4) is 0 Å². The normalized spacial score (nSPS) is 19.0. The van der Waals surface area contributed by atoms with Gasteiger partial charge in [-0.25, -0.2) is 0 Å². The number of nitrogens with one attached hydrogen (secondary N) is 1. The second-order valence-corrected chi connectivity index (χ2v) is 5.52. The van der Waals surface area contributed by atoms with Crippen LogP contribution in [0.15, 0.2) is 30.3 Å². The van der Waals surface area contributed by atoms with Crippen LogP contribution in [0, 0.1) is 0 Å². The first-order valence-electron chi connectivity index (χ1n) is 7.47. The SMILES string of the molecule is CC(CC(O)c1ccccc1)NC(=O)CN1CCOCC1. The summed E-state index contributed by atoms with van der Waals surface area (Å²) in [7, 11) is 0. The minimum absolute atomic E-state index is 0.00432. The largest absolute Gasteiger partial charge is 0.388 e. The van der Waals surface area contributed by atoms with Gasteiger partial charge in [-0.3, -0.25) is 9.69 Å². The molecule has 2 rings (SSSR count). The number of hydrogen-bond acceptors (Lipinski definition) is 4. The van der Waals surface area contributed by atoms with Crippen molar-refractivity contribution < 1.29 is 14.6 Å². The summed E-state index contributed by atoms with van der Waals surface area (Å²) in [5, 5.41) is 13.1. The molecule has 1 aromatic rings. The number of aliphatic hydroxyl groups is 1. The molecule has 1 aliphatic heterocycles. The molecule has 1 aliphatic rings. The fourth-order valence-corrected chi connectivity index (χ4v) is 2.49. The van der Waals surface area contributed by atoms with Crippen LogP contribution in [0.3, 0.4) is 0 Å².